The summed E-state index contributed by atoms with van der Waals surface area (Å²) in [6, 6.07) is 37.1. The zero-order valence-electron chi connectivity index (χ0n) is 21.4. The molecule has 0 aliphatic carbocycles. The predicted octanol–water partition coefficient (Wildman–Crippen LogP) is 7.88. The molecular weight excluding hydrogens is 500 g/mol. The van der Waals surface area contributed by atoms with Gasteiger partial charge in [-0.3, -0.25) is 19.2 Å². The van der Waals surface area contributed by atoms with Crippen LogP contribution in [0.3, 0.4) is 0 Å². The van der Waals surface area contributed by atoms with Gasteiger partial charge in [-0.15, -0.1) is 0 Å². The van der Waals surface area contributed by atoms with Gasteiger partial charge in [-0.05, 0) is 121 Å². The molecule has 0 amide bonds. The standard InChI is InChI=1S/C34H24N2O4/c37-21-25-1-9-29(10-2-25)35(30-11-3-26(22-38)4-12-30)33-17-19-34(20-18-33)36(31-13-5-27(23-39)6-14-31)32-15-7-28(24-40)8-16-32/h1-24H. The zero-order chi connectivity index (χ0) is 27.9. The predicted molar refractivity (Wildman–Crippen MR) is 157 cm³/mol. The normalized spacial score (nSPS) is 10.4. The van der Waals surface area contributed by atoms with Gasteiger partial charge in [-0.1, -0.05) is 0 Å². The number of aldehydes is 4. The van der Waals surface area contributed by atoms with Gasteiger partial charge < -0.3 is 9.80 Å². The van der Waals surface area contributed by atoms with Gasteiger partial charge in [0.1, 0.15) is 25.1 Å². The summed E-state index contributed by atoms with van der Waals surface area (Å²) < 4.78 is 0. The lowest BCUT2D eigenvalue weighted by molar-refractivity contribution is 0.111. The minimum atomic E-state index is 0.576. The van der Waals surface area contributed by atoms with Crippen molar-refractivity contribution in [2.75, 3.05) is 9.80 Å². The third-order valence-corrected chi connectivity index (χ3v) is 6.52. The fourth-order valence-corrected chi connectivity index (χ4v) is 4.45. The van der Waals surface area contributed by atoms with Crippen LogP contribution in [-0.2, 0) is 0 Å². The molecular formula is C34H24N2O4. The molecule has 194 valence electrons. The van der Waals surface area contributed by atoms with Crippen molar-refractivity contribution in [3.8, 4) is 0 Å². The number of hydrogen-bond donors (Lipinski definition) is 0. The van der Waals surface area contributed by atoms with Crippen molar-refractivity contribution < 1.29 is 19.2 Å². The molecule has 0 fully saturated rings. The maximum absolute atomic E-state index is 11.2. The van der Waals surface area contributed by atoms with E-state index in [4.69, 9.17) is 0 Å². The topological polar surface area (TPSA) is 74.8 Å². The zero-order valence-corrected chi connectivity index (χ0v) is 21.4. The summed E-state index contributed by atoms with van der Waals surface area (Å²) >= 11 is 0. The van der Waals surface area contributed by atoms with Crippen molar-refractivity contribution in [2.45, 2.75) is 0 Å². The van der Waals surface area contributed by atoms with Crippen LogP contribution in [0.25, 0.3) is 0 Å². The smallest absolute Gasteiger partial charge is 0.150 e. The summed E-state index contributed by atoms with van der Waals surface area (Å²) in [4.78, 5) is 49.0. The highest BCUT2D eigenvalue weighted by Gasteiger charge is 2.16. The summed E-state index contributed by atoms with van der Waals surface area (Å²) in [7, 11) is 0. The molecule has 0 atom stereocenters. The molecule has 5 aromatic carbocycles. The summed E-state index contributed by atoms with van der Waals surface area (Å²) in [5, 5.41) is 0. The van der Waals surface area contributed by atoms with Crippen molar-refractivity contribution in [1.82, 2.24) is 0 Å². The van der Waals surface area contributed by atoms with Gasteiger partial charge in [0.25, 0.3) is 0 Å². The molecule has 6 heteroatoms. The monoisotopic (exact) mass is 524 g/mol. The van der Waals surface area contributed by atoms with Crippen LogP contribution < -0.4 is 9.80 Å². The lowest BCUT2D eigenvalue weighted by Gasteiger charge is -2.28. The van der Waals surface area contributed by atoms with E-state index in [0.717, 1.165) is 59.3 Å². The van der Waals surface area contributed by atoms with E-state index in [2.05, 4.69) is 0 Å². The quantitative estimate of drug-likeness (QED) is 0.173. The first-order valence-corrected chi connectivity index (χ1v) is 12.5. The second-order valence-electron chi connectivity index (χ2n) is 9.02. The van der Waals surface area contributed by atoms with Gasteiger partial charge in [0, 0.05) is 56.4 Å². The highest BCUT2D eigenvalue weighted by molar-refractivity contribution is 5.85. The van der Waals surface area contributed by atoms with Crippen molar-refractivity contribution >= 4 is 59.3 Å². The Bertz CT molecular complexity index is 1400. The van der Waals surface area contributed by atoms with Crippen LogP contribution in [0.1, 0.15) is 41.4 Å². The van der Waals surface area contributed by atoms with Crippen LogP contribution in [0.5, 0.6) is 0 Å². The molecule has 40 heavy (non-hydrogen) atoms. The van der Waals surface area contributed by atoms with Crippen LogP contribution in [-0.4, -0.2) is 25.1 Å². The lowest BCUT2D eigenvalue weighted by Crippen LogP contribution is -2.12. The Labute approximate surface area is 231 Å². The number of carbonyl (C=O) groups excluding carboxylic acids is 4. The number of hydrogen-bond acceptors (Lipinski definition) is 6. The molecule has 0 unspecified atom stereocenters. The number of carbonyl (C=O) groups is 4. The van der Waals surface area contributed by atoms with Gasteiger partial charge in [0.15, 0.2) is 0 Å². The maximum Gasteiger partial charge on any atom is 0.150 e. The first kappa shape index (κ1) is 26.0. The third kappa shape index (κ3) is 5.47. The average molecular weight is 525 g/mol. The first-order valence-electron chi connectivity index (χ1n) is 12.5. The van der Waals surface area contributed by atoms with Gasteiger partial charge in [0.2, 0.25) is 0 Å². The van der Waals surface area contributed by atoms with Crippen molar-refractivity contribution in [3.05, 3.63) is 144 Å². The molecule has 5 rings (SSSR count). The highest BCUT2D eigenvalue weighted by Crippen LogP contribution is 2.39. The molecule has 0 saturated heterocycles. The van der Waals surface area contributed by atoms with Gasteiger partial charge in [-0.25, -0.2) is 0 Å². The van der Waals surface area contributed by atoms with Gasteiger partial charge >= 0.3 is 0 Å². The summed E-state index contributed by atoms with van der Waals surface area (Å²) in [5.41, 5.74) is 7.44. The van der Waals surface area contributed by atoms with E-state index in [1.165, 1.54) is 0 Å². The van der Waals surface area contributed by atoms with E-state index >= 15 is 0 Å². The summed E-state index contributed by atoms with van der Waals surface area (Å²) in [6.07, 6.45) is 3.22. The van der Waals surface area contributed by atoms with Crippen molar-refractivity contribution in [1.29, 1.82) is 0 Å². The summed E-state index contributed by atoms with van der Waals surface area (Å²) in [5.74, 6) is 0. The molecule has 0 radical (unpaired) electrons. The van der Waals surface area contributed by atoms with E-state index < -0.39 is 0 Å². The summed E-state index contributed by atoms with van der Waals surface area (Å²) in [6.45, 7) is 0. The largest absolute Gasteiger partial charge is 0.311 e. The fraction of sp³-hybridized carbons (Fsp3) is 0. The Balaban J connectivity index is 1.58. The van der Waals surface area contributed by atoms with Crippen LogP contribution in [0.2, 0.25) is 0 Å². The second-order valence-corrected chi connectivity index (χ2v) is 9.02. The molecule has 0 bridgehead atoms. The highest BCUT2D eigenvalue weighted by atomic mass is 16.1. The Hall–Kier alpha value is -5.62. The minimum absolute atomic E-state index is 0.576. The van der Waals surface area contributed by atoms with Crippen molar-refractivity contribution in [3.63, 3.8) is 0 Å². The molecule has 0 spiro atoms. The molecule has 6 nitrogen and oxygen atoms in total. The average Bonchev–Trinajstić information content (AvgIpc) is 3.03. The molecule has 0 aromatic heterocycles. The molecule has 0 saturated carbocycles. The van der Waals surface area contributed by atoms with E-state index in [1.807, 2.05) is 82.6 Å². The lowest BCUT2D eigenvalue weighted by atomic mass is 10.1. The Kier molecular flexibility index (Phi) is 7.69. The number of nitrogens with zero attached hydrogens (tertiary/aromatic N) is 2. The third-order valence-electron chi connectivity index (χ3n) is 6.52. The van der Waals surface area contributed by atoms with Gasteiger partial charge in [0.05, 0.1) is 0 Å². The van der Waals surface area contributed by atoms with Crippen molar-refractivity contribution in [2.24, 2.45) is 0 Å². The van der Waals surface area contributed by atoms with Gasteiger partial charge in [-0.2, -0.15) is 0 Å². The maximum atomic E-state index is 11.2. The number of rotatable bonds is 10. The number of anilines is 6. The molecule has 0 aliphatic heterocycles. The molecule has 0 N–H and O–H groups in total. The number of benzene rings is 5. The van der Waals surface area contributed by atoms with Crippen LogP contribution in [0.4, 0.5) is 34.1 Å². The SMILES string of the molecule is O=Cc1ccc(N(c2ccc(C=O)cc2)c2ccc(N(c3ccc(C=O)cc3)c3ccc(C=O)cc3)cc2)cc1. The first-order chi connectivity index (χ1) is 19.6. The van der Waals surface area contributed by atoms with E-state index in [0.29, 0.717) is 22.3 Å². The molecule has 5 aromatic rings. The Morgan fingerprint density at radius 3 is 0.575 bits per heavy atom. The Morgan fingerprint density at radius 1 is 0.275 bits per heavy atom. The van der Waals surface area contributed by atoms with E-state index in [9.17, 15) is 19.2 Å². The second kappa shape index (κ2) is 11.8. The van der Waals surface area contributed by atoms with Crippen LogP contribution in [0, 0.1) is 0 Å². The van der Waals surface area contributed by atoms with Crippen LogP contribution in [0.15, 0.2) is 121 Å². The molecule has 0 heterocycles. The molecule has 0 aliphatic rings. The minimum Gasteiger partial charge on any atom is -0.311 e. The van der Waals surface area contributed by atoms with E-state index in [-0.39, 0.29) is 0 Å². The van der Waals surface area contributed by atoms with E-state index in [1.54, 1.807) is 48.5 Å². The van der Waals surface area contributed by atoms with Crippen LogP contribution >= 0.6 is 0 Å². The fourth-order valence-electron chi connectivity index (χ4n) is 4.45. The Morgan fingerprint density at radius 2 is 0.425 bits per heavy atom.